The van der Waals surface area contributed by atoms with Gasteiger partial charge in [0.05, 0.1) is 0 Å². The van der Waals surface area contributed by atoms with Crippen molar-refractivity contribution in [3.05, 3.63) is 0 Å². The maximum absolute atomic E-state index is 4.09. The van der Waals surface area contributed by atoms with Crippen LogP contribution in [0.2, 0.25) is 0 Å². The van der Waals surface area contributed by atoms with E-state index in [0.717, 1.165) is 36.0 Å². The molecule has 17 heavy (non-hydrogen) atoms. The van der Waals surface area contributed by atoms with Crippen molar-refractivity contribution in [2.24, 2.45) is 34.6 Å². The third kappa shape index (κ3) is 3.31. The Hall–Kier alpha value is -0.370. The van der Waals surface area contributed by atoms with Crippen LogP contribution >= 0.6 is 0 Å². The van der Waals surface area contributed by atoms with E-state index in [-0.39, 0.29) is 0 Å². The van der Waals surface area contributed by atoms with Crippen LogP contribution in [0.5, 0.6) is 0 Å². The Kier molecular flexibility index (Phi) is 4.61. The van der Waals surface area contributed by atoms with Gasteiger partial charge in [0.15, 0.2) is 0 Å². The molecule has 2 aliphatic carbocycles. The van der Waals surface area contributed by atoms with Crippen molar-refractivity contribution < 1.29 is 0 Å². The van der Waals surface area contributed by atoms with Gasteiger partial charge in [-0.1, -0.05) is 20.3 Å². The fraction of sp³-hybridized carbons (Fsp3) is 0.933. The predicted molar refractivity (Wildman–Crippen MR) is 74.6 cm³/mol. The Morgan fingerprint density at radius 2 is 2.24 bits per heavy atom. The van der Waals surface area contributed by atoms with Crippen molar-refractivity contribution in [1.29, 1.82) is 0 Å². The van der Waals surface area contributed by atoms with Crippen LogP contribution in [0.3, 0.4) is 0 Å². The molecule has 0 aromatic heterocycles. The Morgan fingerprint density at radius 1 is 1.41 bits per heavy atom. The van der Waals surface area contributed by atoms with Crippen molar-refractivity contribution in [1.82, 2.24) is 5.32 Å². The lowest BCUT2D eigenvalue weighted by Gasteiger charge is -2.21. The lowest BCUT2D eigenvalue weighted by atomic mass is 9.92. The summed E-state index contributed by atoms with van der Waals surface area (Å²) < 4.78 is 0. The summed E-state index contributed by atoms with van der Waals surface area (Å²) in [5.74, 6) is 4.88. The number of hydrogen-bond donors (Lipinski definition) is 1. The number of rotatable bonds is 7. The van der Waals surface area contributed by atoms with Crippen molar-refractivity contribution in [3.63, 3.8) is 0 Å². The highest BCUT2D eigenvalue weighted by molar-refractivity contribution is 5.57. The first-order valence-corrected chi connectivity index (χ1v) is 7.37. The first kappa shape index (κ1) is 13.1. The summed E-state index contributed by atoms with van der Waals surface area (Å²) in [6, 6.07) is 0. The summed E-state index contributed by atoms with van der Waals surface area (Å²) in [7, 11) is 1.87. The molecule has 2 rings (SSSR count). The molecule has 0 aromatic carbocycles. The monoisotopic (exact) mass is 236 g/mol. The molecule has 2 aliphatic rings. The van der Waals surface area contributed by atoms with E-state index in [9.17, 15) is 0 Å². The molecule has 2 saturated carbocycles. The maximum Gasteiger partial charge on any atom is 0.0273 e. The van der Waals surface area contributed by atoms with Gasteiger partial charge in [-0.15, -0.1) is 0 Å². The van der Waals surface area contributed by atoms with Gasteiger partial charge in [-0.05, 0) is 68.2 Å². The smallest absolute Gasteiger partial charge is 0.0273 e. The first-order chi connectivity index (χ1) is 8.26. The van der Waals surface area contributed by atoms with Gasteiger partial charge in [-0.3, -0.25) is 0 Å². The molecule has 98 valence electrons. The van der Waals surface area contributed by atoms with Crippen LogP contribution in [0.15, 0.2) is 4.99 Å². The Morgan fingerprint density at radius 3 is 2.82 bits per heavy atom. The fourth-order valence-corrected chi connectivity index (χ4v) is 3.60. The summed E-state index contributed by atoms with van der Waals surface area (Å²) in [5, 5.41) is 3.71. The second kappa shape index (κ2) is 5.99. The largest absolute Gasteiger partial charge is 0.316 e. The zero-order valence-electron chi connectivity index (χ0n) is 11.7. The molecule has 1 N–H and O–H groups in total. The van der Waals surface area contributed by atoms with Gasteiger partial charge in [0.1, 0.15) is 0 Å². The van der Waals surface area contributed by atoms with Gasteiger partial charge in [0, 0.05) is 7.05 Å². The van der Waals surface area contributed by atoms with Crippen molar-refractivity contribution in [2.75, 3.05) is 20.1 Å². The van der Waals surface area contributed by atoms with Crippen LogP contribution in [0, 0.1) is 29.6 Å². The summed E-state index contributed by atoms with van der Waals surface area (Å²) >= 11 is 0. The van der Waals surface area contributed by atoms with Crippen molar-refractivity contribution in [2.45, 2.75) is 39.5 Å². The van der Waals surface area contributed by atoms with Gasteiger partial charge in [-0.2, -0.15) is 0 Å². The van der Waals surface area contributed by atoms with Gasteiger partial charge >= 0.3 is 0 Å². The maximum atomic E-state index is 4.09. The van der Waals surface area contributed by atoms with E-state index >= 15 is 0 Å². The Bertz CT molecular complexity index is 260. The molecule has 0 heterocycles. The minimum absolute atomic E-state index is 0.769. The topological polar surface area (TPSA) is 24.4 Å². The Balaban J connectivity index is 1.64. The molecular formula is C15H28N2. The molecule has 5 atom stereocenters. The van der Waals surface area contributed by atoms with Crippen LogP contribution in [0.25, 0.3) is 0 Å². The van der Waals surface area contributed by atoms with E-state index in [1.807, 2.05) is 7.05 Å². The van der Waals surface area contributed by atoms with Crippen LogP contribution in [0.4, 0.5) is 0 Å². The number of hydrogen-bond acceptors (Lipinski definition) is 2. The molecule has 0 aromatic rings. The van der Waals surface area contributed by atoms with Gasteiger partial charge in [-0.25, -0.2) is 0 Å². The van der Waals surface area contributed by atoms with Crippen LogP contribution in [-0.2, 0) is 0 Å². The van der Waals surface area contributed by atoms with E-state index in [0.29, 0.717) is 0 Å². The quantitative estimate of drug-likeness (QED) is 0.675. The van der Waals surface area contributed by atoms with Gasteiger partial charge < -0.3 is 10.3 Å². The SMILES string of the molecule is CCC(CC=NC)CNC[C@@H]1C(C)CC2CC21. The zero-order chi connectivity index (χ0) is 12.3. The van der Waals surface area contributed by atoms with Crippen LogP contribution in [-0.4, -0.2) is 26.4 Å². The van der Waals surface area contributed by atoms with Crippen LogP contribution in [0.1, 0.15) is 39.5 Å². The van der Waals surface area contributed by atoms with Gasteiger partial charge in [0.25, 0.3) is 0 Å². The molecule has 4 unspecified atom stereocenters. The number of nitrogens with one attached hydrogen (secondary N) is 1. The van der Waals surface area contributed by atoms with E-state index in [2.05, 4.69) is 30.4 Å². The third-order valence-electron chi connectivity index (χ3n) is 4.94. The lowest BCUT2D eigenvalue weighted by Crippen LogP contribution is -2.30. The number of nitrogens with zero attached hydrogens (tertiary/aromatic N) is 1. The zero-order valence-corrected chi connectivity index (χ0v) is 11.7. The minimum atomic E-state index is 0.769. The number of fused-ring (bicyclic) bond motifs is 1. The summed E-state index contributed by atoms with van der Waals surface area (Å²) in [4.78, 5) is 4.09. The molecule has 0 amide bonds. The summed E-state index contributed by atoms with van der Waals surface area (Å²) in [6.45, 7) is 7.15. The van der Waals surface area contributed by atoms with Crippen molar-refractivity contribution >= 4 is 6.21 Å². The molecule has 0 aliphatic heterocycles. The van der Waals surface area contributed by atoms with E-state index in [1.165, 1.54) is 32.4 Å². The standard InChI is InChI=1S/C15H28N2/c1-4-12(5-6-16-3)9-17-10-15-11(2)7-13-8-14(13)15/h6,11-15,17H,4-5,7-10H2,1-3H3/t11?,12?,13?,14?,15-/m1/s1. The molecule has 0 bridgehead atoms. The summed E-state index contributed by atoms with van der Waals surface area (Å²) in [6.07, 6.45) is 7.47. The average molecular weight is 236 g/mol. The van der Waals surface area contributed by atoms with Crippen LogP contribution < -0.4 is 5.32 Å². The molecule has 2 heteroatoms. The highest BCUT2D eigenvalue weighted by Crippen LogP contribution is 2.57. The molecular weight excluding hydrogens is 208 g/mol. The number of aliphatic imine (C=N–C) groups is 1. The predicted octanol–water partition coefficient (Wildman–Crippen LogP) is 2.99. The van der Waals surface area contributed by atoms with E-state index < -0.39 is 0 Å². The summed E-state index contributed by atoms with van der Waals surface area (Å²) in [5.41, 5.74) is 0. The second-order valence-corrected chi connectivity index (χ2v) is 6.15. The van der Waals surface area contributed by atoms with Crippen molar-refractivity contribution in [3.8, 4) is 0 Å². The molecule has 2 nitrogen and oxygen atoms in total. The first-order valence-electron chi connectivity index (χ1n) is 7.37. The van der Waals surface area contributed by atoms with E-state index in [1.54, 1.807) is 0 Å². The highest BCUT2D eigenvalue weighted by Gasteiger charge is 2.51. The van der Waals surface area contributed by atoms with Gasteiger partial charge in [0.2, 0.25) is 0 Å². The molecule has 0 radical (unpaired) electrons. The fourth-order valence-electron chi connectivity index (χ4n) is 3.60. The second-order valence-electron chi connectivity index (χ2n) is 6.15. The third-order valence-corrected chi connectivity index (χ3v) is 4.94. The lowest BCUT2D eigenvalue weighted by molar-refractivity contribution is 0.331. The minimum Gasteiger partial charge on any atom is -0.316 e. The molecule has 0 spiro atoms. The van der Waals surface area contributed by atoms with E-state index in [4.69, 9.17) is 0 Å². The highest BCUT2D eigenvalue weighted by atomic mass is 14.9. The Labute approximate surface area is 106 Å². The normalized spacial score (nSPS) is 37.4. The molecule has 2 fully saturated rings. The average Bonchev–Trinajstić information content (AvgIpc) is 3.00. The molecule has 0 saturated heterocycles.